The third-order valence-electron chi connectivity index (χ3n) is 3.25. The molecular formula is C12H24N2O2. The second-order valence-electron chi connectivity index (χ2n) is 4.69. The number of hydrogen-bond donors (Lipinski definition) is 2. The lowest BCUT2D eigenvalue weighted by Gasteiger charge is -2.28. The Balaban J connectivity index is 2.45. The third-order valence-corrected chi connectivity index (χ3v) is 3.25. The third kappa shape index (κ3) is 3.76. The van der Waals surface area contributed by atoms with E-state index in [9.17, 15) is 4.79 Å². The largest absolute Gasteiger partial charge is 0.395 e. The molecule has 0 saturated heterocycles. The summed E-state index contributed by atoms with van der Waals surface area (Å²) in [5, 5.41) is 12.0. The number of rotatable bonds is 7. The van der Waals surface area contributed by atoms with Crippen LogP contribution in [-0.2, 0) is 4.79 Å². The lowest BCUT2D eigenvalue weighted by molar-refractivity contribution is -0.126. The van der Waals surface area contributed by atoms with Crippen LogP contribution < -0.4 is 5.32 Å². The summed E-state index contributed by atoms with van der Waals surface area (Å²) in [5.74, 6) is 0.0784. The Morgan fingerprint density at radius 3 is 2.56 bits per heavy atom. The van der Waals surface area contributed by atoms with Crippen LogP contribution in [0.2, 0.25) is 0 Å². The van der Waals surface area contributed by atoms with Crippen LogP contribution >= 0.6 is 0 Å². The maximum Gasteiger partial charge on any atom is 0.237 e. The van der Waals surface area contributed by atoms with Crippen molar-refractivity contribution in [3.8, 4) is 0 Å². The molecule has 0 heterocycles. The first-order valence-electron chi connectivity index (χ1n) is 6.27. The van der Waals surface area contributed by atoms with Crippen LogP contribution in [0.4, 0.5) is 0 Å². The molecule has 0 aliphatic heterocycles. The first-order chi connectivity index (χ1) is 7.60. The van der Waals surface area contributed by atoms with Crippen molar-refractivity contribution in [2.45, 2.75) is 58.2 Å². The molecule has 2 N–H and O–H groups in total. The lowest BCUT2D eigenvalue weighted by atomic mass is 10.2. The molecule has 0 bridgehead atoms. The smallest absolute Gasteiger partial charge is 0.237 e. The molecule has 2 unspecified atom stereocenters. The van der Waals surface area contributed by atoms with Gasteiger partial charge >= 0.3 is 0 Å². The van der Waals surface area contributed by atoms with Crippen molar-refractivity contribution in [2.24, 2.45) is 0 Å². The van der Waals surface area contributed by atoms with Gasteiger partial charge in [0, 0.05) is 18.6 Å². The minimum absolute atomic E-state index is 0.0784. The molecule has 94 valence electrons. The van der Waals surface area contributed by atoms with Crippen LogP contribution in [0.15, 0.2) is 0 Å². The number of aliphatic hydroxyl groups excluding tert-OH is 1. The minimum Gasteiger partial charge on any atom is -0.395 e. The van der Waals surface area contributed by atoms with Gasteiger partial charge in [-0.25, -0.2) is 0 Å². The van der Waals surface area contributed by atoms with E-state index >= 15 is 0 Å². The second-order valence-corrected chi connectivity index (χ2v) is 4.69. The van der Waals surface area contributed by atoms with Crippen LogP contribution in [0.3, 0.4) is 0 Å². The molecule has 0 spiro atoms. The molecule has 1 aliphatic rings. The molecular weight excluding hydrogens is 204 g/mol. The van der Waals surface area contributed by atoms with Gasteiger partial charge in [-0.1, -0.05) is 6.92 Å². The number of amides is 1. The van der Waals surface area contributed by atoms with Gasteiger partial charge in [0.05, 0.1) is 12.6 Å². The van der Waals surface area contributed by atoms with E-state index in [0.717, 1.165) is 19.3 Å². The highest BCUT2D eigenvalue weighted by Crippen LogP contribution is 2.28. The number of nitrogens with zero attached hydrogens (tertiary/aromatic N) is 1. The predicted molar refractivity (Wildman–Crippen MR) is 64.2 cm³/mol. The quantitative estimate of drug-likeness (QED) is 0.676. The number of aliphatic hydroxyl groups is 1. The Morgan fingerprint density at radius 2 is 2.12 bits per heavy atom. The zero-order valence-corrected chi connectivity index (χ0v) is 10.6. The predicted octanol–water partition coefficient (Wildman–Crippen LogP) is 0.746. The van der Waals surface area contributed by atoms with Crippen molar-refractivity contribution in [1.29, 1.82) is 0 Å². The van der Waals surface area contributed by atoms with Gasteiger partial charge < -0.3 is 10.4 Å². The first kappa shape index (κ1) is 13.5. The number of carbonyl (C=O) groups is 1. The molecule has 1 saturated carbocycles. The van der Waals surface area contributed by atoms with Crippen molar-refractivity contribution >= 4 is 5.91 Å². The average Bonchev–Trinajstić information content (AvgIpc) is 3.08. The van der Waals surface area contributed by atoms with Crippen molar-refractivity contribution in [3.05, 3.63) is 0 Å². The summed E-state index contributed by atoms with van der Waals surface area (Å²) in [4.78, 5) is 14.0. The molecule has 0 aromatic rings. The highest BCUT2D eigenvalue weighted by molar-refractivity contribution is 5.81. The molecule has 1 fully saturated rings. The van der Waals surface area contributed by atoms with Crippen LogP contribution in [0, 0.1) is 0 Å². The average molecular weight is 228 g/mol. The fourth-order valence-electron chi connectivity index (χ4n) is 1.83. The van der Waals surface area contributed by atoms with Crippen molar-refractivity contribution in [3.63, 3.8) is 0 Å². The maximum atomic E-state index is 11.9. The standard InChI is InChI=1S/C12H24N2O2/c1-4-9(2)13-12(16)10(3)14(7-8-15)11-5-6-11/h9-11,15H,4-8H2,1-3H3,(H,13,16). The van der Waals surface area contributed by atoms with E-state index in [2.05, 4.69) is 17.1 Å². The van der Waals surface area contributed by atoms with Gasteiger partial charge in [0.2, 0.25) is 5.91 Å². The monoisotopic (exact) mass is 228 g/mol. The van der Waals surface area contributed by atoms with Gasteiger partial charge in [0.1, 0.15) is 0 Å². The highest BCUT2D eigenvalue weighted by Gasteiger charge is 2.34. The topological polar surface area (TPSA) is 52.6 Å². The van der Waals surface area contributed by atoms with Gasteiger partial charge in [-0.3, -0.25) is 9.69 Å². The summed E-state index contributed by atoms with van der Waals surface area (Å²) in [6.07, 6.45) is 3.25. The van der Waals surface area contributed by atoms with Crippen LogP contribution in [0.5, 0.6) is 0 Å². The highest BCUT2D eigenvalue weighted by atomic mass is 16.3. The zero-order chi connectivity index (χ0) is 12.1. The van der Waals surface area contributed by atoms with Gasteiger partial charge in [-0.15, -0.1) is 0 Å². The van der Waals surface area contributed by atoms with E-state index in [1.54, 1.807) is 0 Å². The summed E-state index contributed by atoms with van der Waals surface area (Å²) >= 11 is 0. The summed E-state index contributed by atoms with van der Waals surface area (Å²) in [6.45, 7) is 6.71. The molecule has 0 aromatic heterocycles. The van der Waals surface area contributed by atoms with Gasteiger partial charge in [0.25, 0.3) is 0 Å². The molecule has 16 heavy (non-hydrogen) atoms. The van der Waals surface area contributed by atoms with E-state index in [1.165, 1.54) is 0 Å². The second kappa shape index (κ2) is 6.21. The van der Waals surface area contributed by atoms with Crippen molar-refractivity contribution < 1.29 is 9.90 Å². The van der Waals surface area contributed by atoms with Crippen LogP contribution in [0.1, 0.15) is 40.0 Å². The lowest BCUT2D eigenvalue weighted by Crippen LogP contribution is -2.49. The molecule has 1 amide bonds. The molecule has 0 aromatic carbocycles. The SMILES string of the molecule is CCC(C)NC(=O)C(C)N(CCO)C1CC1. The summed E-state index contributed by atoms with van der Waals surface area (Å²) < 4.78 is 0. The Kier molecular flexibility index (Phi) is 5.22. The molecule has 1 aliphatic carbocycles. The van der Waals surface area contributed by atoms with Crippen LogP contribution in [-0.4, -0.2) is 47.2 Å². The van der Waals surface area contributed by atoms with E-state index in [4.69, 9.17) is 5.11 Å². The van der Waals surface area contributed by atoms with E-state index < -0.39 is 0 Å². The number of nitrogens with one attached hydrogen (secondary N) is 1. The molecule has 2 atom stereocenters. The minimum atomic E-state index is -0.131. The number of hydrogen-bond acceptors (Lipinski definition) is 3. The van der Waals surface area contributed by atoms with Gasteiger partial charge in [-0.05, 0) is 33.1 Å². The summed E-state index contributed by atoms with van der Waals surface area (Å²) in [7, 11) is 0. The van der Waals surface area contributed by atoms with E-state index in [-0.39, 0.29) is 24.6 Å². The van der Waals surface area contributed by atoms with E-state index in [0.29, 0.717) is 12.6 Å². The summed E-state index contributed by atoms with van der Waals surface area (Å²) in [6, 6.07) is 0.601. The molecule has 1 rings (SSSR count). The number of carbonyl (C=O) groups excluding carboxylic acids is 1. The zero-order valence-electron chi connectivity index (χ0n) is 10.6. The maximum absolute atomic E-state index is 11.9. The molecule has 0 radical (unpaired) electrons. The van der Waals surface area contributed by atoms with Crippen molar-refractivity contribution in [2.75, 3.05) is 13.2 Å². The fraction of sp³-hybridized carbons (Fsp3) is 0.917. The Hall–Kier alpha value is -0.610. The normalized spacial score (nSPS) is 19.6. The van der Waals surface area contributed by atoms with Gasteiger partial charge in [0.15, 0.2) is 0 Å². The molecule has 4 heteroatoms. The Morgan fingerprint density at radius 1 is 1.50 bits per heavy atom. The van der Waals surface area contributed by atoms with Crippen molar-refractivity contribution in [1.82, 2.24) is 10.2 Å². The summed E-state index contributed by atoms with van der Waals surface area (Å²) in [5.41, 5.74) is 0. The van der Waals surface area contributed by atoms with Crippen LogP contribution in [0.25, 0.3) is 0 Å². The Labute approximate surface area is 98.0 Å². The van der Waals surface area contributed by atoms with Gasteiger partial charge in [-0.2, -0.15) is 0 Å². The Bertz CT molecular complexity index is 229. The van der Waals surface area contributed by atoms with E-state index in [1.807, 2.05) is 13.8 Å². The fourth-order valence-corrected chi connectivity index (χ4v) is 1.83. The first-order valence-corrected chi connectivity index (χ1v) is 6.27. The molecule has 4 nitrogen and oxygen atoms in total.